The van der Waals surface area contributed by atoms with E-state index in [2.05, 4.69) is 15.4 Å². The number of ether oxygens (including phenoxy) is 1. The Kier molecular flexibility index (Phi) is 5.33. The molecule has 8 nitrogen and oxygen atoms in total. The molecule has 0 saturated carbocycles. The van der Waals surface area contributed by atoms with E-state index in [1.165, 1.54) is 6.07 Å². The van der Waals surface area contributed by atoms with Crippen molar-refractivity contribution in [1.82, 2.24) is 5.32 Å². The molecular weight excluding hydrogens is 266 g/mol. The van der Waals surface area contributed by atoms with Crippen molar-refractivity contribution in [2.75, 3.05) is 18.5 Å². The Hall–Kier alpha value is -2.77. The number of urea groups is 1. The summed E-state index contributed by atoms with van der Waals surface area (Å²) in [4.78, 5) is 33.0. The molecule has 0 spiro atoms. The normalized spacial score (nSPS) is 9.65. The second-order valence-electron chi connectivity index (χ2n) is 3.85. The minimum Gasteiger partial charge on any atom is -0.478 e. The Labute approximate surface area is 114 Å². The highest BCUT2D eigenvalue weighted by molar-refractivity contribution is 6.00. The van der Waals surface area contributed by atoms with Crippen molar-refractivity contribution in [3.8, 4) is 0 Å². The van der Waals surface area contributed by atoms with Crippen molar-refractivity contribution in [3.05, 3.63) is 29.3 Å². The van der Waals surface area contributed by atoms with Crippen LogP contribution in [-0.4, -0.2) is 36.4 Å². The third kappa shape index (κ3) is 4.48. The SMILES string of the molecule is Cc1cccc(C(=O)O)c1NC(=O)NCCOC(N)=O. The summed E-state index contributed by atoms with van der Waals surface area (Å²) in [6.45, 7) is 1.67. The predicted octanol–water partition coefficient (Wildman–Crippen LogP) is 0.910. The summed E-state index contributed by atoms with van der Waals surface area (Å²) in [6, 6.07) is 4.05. The Morgan fingerprint density at radius 1 is 1.35 bits per heavy atom. The minimum absolute atomic E-state index is 0.00599. The summed E-state index contributed by atoms with van der Waals surface area (Å²) < 4.78 is 4.43. The van der Waals surface area contributed by atoms with Gasteiger partial charge in [-0.25, -0.2) is 14.4 Å². The third-order valence-corrected chi connectivity index (χ3v) is 2.37. The van der Waals surface area contributed by atoms with E-state index in [-0.39, 0.29) is 24.4 Å². The Morgan fingerprint density at radius 3 is 2.65 bits per heavy atom. The van der Waals surface area contributed by atoms with E-state index in [1.807, 2.05) is 0 Å². The van der Waals surface area contributed by atoms with Crippen LogP contribution < -0.4 is 16.4 Å². The lowest BCUT2D eigenvalue weighted by molar-refractivity contribution is 0.0698. The molecular formula is C12H15N3O5. The lowest BCUT2D eigenvalue weighted by Crippen LogP contribution is -2.33. The summed E-state index contributed by atoms with van der Waals surface area (Å²) in [5.74, 6) is -1.14. The smallest absolute Gasteiger partial charge is 0.404 e. The lowest BCUT2D eigenvalue weighted by atomic mass is 10.1. The van der Waals surface area contributed by atoms with E-state index < -0.39 is 18.1 Å². The number of carbonyl (C=O) groups is 3. The van der Waals surface area contributed by atoms with Crippen LogP contribution in [0, 0.1) is 6.92 Å². The number of para-hydroxylation sites is 1. The van der Waals surface area contributed by atoms with Crippen LogP contribution in [0.5, 0.6) is 0 Å². The number of aryl methyl sites for hydroxylation is 1. The second-order valence-corrected chi connectivity index (χ2v) is 3.85. The van der Waals surface area contributed by atoms with Crippen LogP contribution in [0.1, 0.15) is 15.9 Å². The first-order chi connectivity index (χ1) is 9.41. The van der Waals surface area contributed by atoms with Gasteiger partial charge in [0.25, 0.3) is 0 Å². The number of hydrogen-bond donors (Lipinski definition) is 4. The fourth-order valence-corrected chi connectivity index (χ4v) is 1.49. The van der Waals surface area contributed by atoms with Crippen LogP contribution in [0.3, 0.4) is 0 Å². The topological polar surface area (TPSA) is 131 Å². The molecule has 0 saturated heterocycles. The van der Waals surface area contributed by atoms with Gasteiger partial charge in [0.15, 0.2) is 0 Å². The molecule has 0 bridgehead atoms. The number of primary amides is 1. The van der Waals surface area contributed by atoms with E-state index in [0.717, 1.165) is 0 Å². The molecule has 0 heterocycles. The summed E-state index contributed by atoms with van der Waals surface area (Å²) >= 11 is 0. The number of carboxylic acid groups (broad SMARTS) is 1. The molecule has 0 aromatic heterocycles. The van der Waals surface area contributed by atoms with Crippen molar-refractivity contribution in [2.24, 2.45) is 5.73 Å². The number of nitrogens with one attached hydrogen (secondary N) is 2. The Bertz CT molecular complexity index is 530. The molecule has 8 heteroatoms. The first kappa shape index (κ1) is 15.3. The first-order valence-corrected chi connectivity index (χ1v) is 5.72. The molecule has 0 radical (unpaired) electrons. The number of amides is 3. The second kappa shape index (κ2) is 6.98. The number of aromatic carboxylic acids is 1. The maximum Gasteiger partial charge on any atom is 0.404 e. The Balaban J connectivity index is 2.62. The van der Waals surface area contributed by atoms with Gasteiger partial charge >= 0.3 is 18.1 Å². The van der Waals surface area contributed by atoms with Gasteiger partial charge in [-0.1, -0.05) is 12.1 Å². The molecule has 0 aliphatic heterocycles. The summed E-state index contributed by atoms with van der Waals surface area (Å²) in [7, 11) is 0. The van der Waals surface area contributed by atoms with Gasteiger partial charge in [0.2, 0.25) is 0 Å². The van der Waals surface area contributed by atoms with E-state index in [9.17, 15) is 14.4 Å². The van der Waals surface area contributed by atoms with E-state index >= 15 is 0 Å². The molecule has 3 amide bonds. The fraction of sp³-hybridized carbons (Fsp3) is 0.250. The lowest BCUT2D eigenvalue weighted by Gasteiger charge is -2.12. The number of carboxylic acids is 1. The standard InChI is InChI=1S/C12H15N3O5/c1-7-3-2-4-8(10(16)17)9(7)15-12(19)14-5-6-20-11(13)18/h2-4H,5-6H2,1H3,(H2,13,18)(H,16,17)(H2,14,15,19). The Morgan fingerprint density at radius 2 is 2.05 bits per heavy atom. The number of benzene rings is 1. The molecule has 0 fully saturated rings. The molecule has 1 aromatic carbocycles. The van der Waals surface area contributed by atoms with Crippen molar-refractivity contribution in [3.63, 3.8) is 0 Å². The quantitative estimate of drug-likeness (QED) is 0.596. The average Bonchev–Trinajstić information content (AvgIpc) is 2.36. The molecule has 0 aliphatic rings. The number of carbonyl (C=O) groups excluding carboxylic acids is 2. The highest BCUT2D eigenvalue weighted by Gasteiger charge is 2.14. The van der Waals surface area contributed by atoms with Gasteiger partial charge in [0, 0.05) is 0 Å². The zero-order chi connectivity index (χ0) is 15.1. The van der Waals surface area contributed by atoms with Crippen molar-refractivity contribution in [1.29, 1.82) is 0 Å². The summed E-state index contributed by atoms with van der Waals surface area (Å²) in [5.41, 5.74) is 5.58. The first-order valence-electron chi connectivity index (χ1n) is 5.72. The van der Waals surface area contributed by atoms with Gasteiger partial charge in [0.1, 0.15) is 6.61 Å². The van der Waals surface area contributed by atoms with Crippen molar-refractivity contribution in [2.45, 2.75) is 6.92 Å². The highest BCUT2D eigenvalue weighted by Crippen LogP contribution is 2.20. The minimum atomic E-state index is -1.14. The predicted molar refractivity (Wildman–Crippen MR) is 70.7 cm³/mol. The number of anilines is 1. The molecule has 1 rings (SSSR count). The molecule has 5 N–H and O–H groups in total. The molecule has 1 aromatic rings. The van der Waals surface area contributed by atoms with Crippen LogP contribution in [0.15, 0.2) is 18.2 Å². The van der Waals surface area contributed by atoms with Crippen LogP contribution in [0.25, 0.3) is 0 Å². The molecule has 0 atom stereocenters. The molecule has 20 heavy (non-hydrogen) atoms. The van der Waals surface area contributed by atoms with Gasteiger partial charge in [0.05, 0.1) is 17.8 Å². The van der Waals surface area contributed by atoms with Gasteiger partial charge < -0.3 is 26.2 Å². The van der Waals surface area contributed by atoms with Gasteiger partial charge in [-0.2, -0.15) is 0 Å². The van der Waals surface area contributed by atoms with Gasteiger partial charge in [-0.3, -0.25) is 0 Å². The number of hydrogen-bond acceptors (Lipinski definition) is 4. The van der Waals surface area contributed by atoms with Gasteiger partial charge in [-0.05, 0) is 18.6 Å². The summed E-state index contributed by atoms with van der Waals surface area (Å²) in [6.07, 6.45) is -0.931. The van der Waals surface area contributed by atoms with Crippen LogP contribution in [0.2, 0.25) is 0 Å². The van der Waals surface area contributed by atoms with Crippen molar-refractivity contribution < 1.29 is 24.2 Å². The maximum absolute atomic E-state index is 11.6. The summed E-state index contributed by atoms with van der Waals surface area (Å²) in [5, 5.41) is 13.9. The maximum atomic E-state index is 11.6. The monoisotopic (exact) mass is 281 g/mol. The van der Waals surface area contributed by atoms with E-state index in [4.69, 9.17) is 10.8 Å². The largest absolute Gasteiger partial charge is 0.478 e. The molecule has 108 valence electrons. The van der Waals surface area contributed by atoms with Crippen LogP contribution >= 0.6 is 0 Å². The number of nitrogens with two attached hydrogens (primary N) is 1. The third-order valence-electron chi connectivity index (χ3n) is 2.37. The van der Waals surface area contributed by atoms with Crippen LogP contribution in [-0.2, 0) is 4.74 Å². The van der Waals surface area contributed by atoms with Crippen molar-refractivity contribution >= 4 is 23.8 Å². The van der Waals surface area contributed by atoms with E-state index in [0.29, 0.717) is 5.56 Å². The van der Waals surface area contributed by atoms with Gasteiger partial charge in [-0.15, -0.1) is 0 Å². The average molecular weight is 281 g/mol. The van der Waals surface area contributed by atoms with Crippen LogP contribution in [0.4, 0.5) is 15.3 Å². The van der Waals surface area contributed by atoms with E-state index in [1.54, 1.807) is 19.1 Å². The molecule has 0 unspecified atom stereocenters. The fourth-order valence-electron chi connectivity index (χ4n) is 1.49. The highest BCUT2D eigenvalue weighted by atomic mass is 16.5. The molecule has 0 aliphatic carbocycles. The zero-order valence-electron chi connectivity index (χ0n) is 10.8. The number of rotatable bonds is 5. The zero-order valence-corrected chi connectivity index (χ0v) is 10.8.